The maximum absolute atomic E-state index is 14.4. The van der Waals surface area contributed by atoms with Gasteiger partial charge in [0.2, 0.25) is 0 Å². The molecule has 2 aromatic carbocycles. The van der Waals surface area contributed by atoms with E-state index in [1.807, 2.05) is 6.07 Å². The number of amides is 1. The fraction of sp³-hybridized carbons (Fsp3) is 0.552. The molecule has 0 radical (unpaired) electrons. The number of hydrogen-bond acceptors (Lipinski definition) is 6. The van der Waals surface area contributed by atoms with E-state index in [1.165, 1.54) is 38.2 Å². The second-order valence-electron chi connectivity index (χ2n) is 10.7. The first kappa shape index (κ1) is 26.8. The van der Waals surface area contributed by atoms with Crippen molar-refractivity contribution in [1.29, 1.82) is 0 Å². The Morgan fingerprint density at radius 3 is 2.71 bits per heavy atom. The van der Waals surface area contributed by atoms with Gasteiger partial charge in [0.15, 0.2) is 11.6 Å². The van der Waals surface area contributed by atoms with Crippen LogP contribution in [0.4, 0.5) is 14.5 Å². The van der Waals surface area contributed by atoms with Crippen LogP contribution >= 0.6 is 0 Å². The van der Waals surface area contributed by atoms with Crippen molar-refractivity contribution in [3.63, 3.8) is 0 Å². The number of carbonyl (C=O) groups is 1. The third-order valence-electron chi connectivity index (χ3n) is 7.97. The lowest BCUT2D eigenvalue weighted by Crippen LogP contribution is -2.43. The number of benzene rings is 2. The molecule has 206 valence electrons. The highest BCUT2D eigenvalue weighted by Crippen LogP contribution is 2.37. The number of halogens is 2. The van der Waals surface area contributed by atoms with Crippen molar-refractivity contribution in [2.24, 2.45) is 5.92 Å². The topological polar surface area (TPSA) is 66.1 Å². The number of rotatable bonds is 9. The van der Waals surface area contributed by atoms with Crippen molar-refractivity contribution in [3.8, 4) is 11.5 Å². The van der Waals surface area contributed by atoms with Gasteiger partial charge >= 0.3 is 0 Å². The van der Waals surface area contributed by atoms with Gasteiger partial charge in [0.1, 0.15) is 11.6 Å². The molecule has 0 aromatic heterocycles. The minimum atomic E-state index is -0.813. The molecule has 2 fully saturated rings. The molecule has 7 nitrogen and oxygen atoms in total. The molecule has 0 bridgehead atoms. The lowest BCUT2D eigenvalue weighted by atomic mass is 9.89. The van der Waals surface area contributed by atoms with Gasteiger partial charge in [-0.05, 0) is 68.0 Å². The fourth-order valence-corrected chi connectivity index (χ4v) is 5.83. The number of ether oxygens (including phenoxy) is 2. The molecule has 9 heteroatoms. The van der Waals surface area contributed by atoms with Gasteiger partial charge in [-0.2, -0.15) is 0 Å². The van der Waals surface area contributed by atoms with E-state index >= 15 is 0 Å². The van der Waals surface area contributed by atoms with Crippen LogP contribution in [-0.2, 0) is 11.3 Å². The van der Waals surface area contributed by atoms with Crippen molar-refractivity contribution in [2.45, 2.75) is 57.6 Å². The first-order chi connectivity index (χ1) is 18.5. The summed E-state index contributed by atoms with van der Waals surface area (Å²) in [6, 6.07) is 6.81. The smallest absolute Gasteiger partial charge is 0.255 e. The maximum atomic E-state index is 14.4. The Kier molecular flexibility index (Phi) is 8.76. The summed E-state index contributed by atoms with van der Waals surface area (Å²) in [6.45, 7) is 4.51. The molecular weight excluding hydrogens is 490 g/mol. The Hall–Kier alpha value is -2.75. The zero-order valence-electron chi connectivity index (χ0n) is 22.1. The van der Waals surface area contributed by atoms with Crippen LogP contribution in [-0.4, -0.2) is 56.7 Å². The number of anilines is 1. The summed E-state index contributed by atoms with van der Waals surface area (Å²) >= 11 is 0. The SMILES string of the molecule is COC1CCCN(CCNC(=O)c2cc3c(cc2Oc2ccc(F)cc2F)CNN3CC2CCCCC2)C1. The molecule has 2 heterocycles. The van der Waals surface area contributed by atoms with E-state index in [2.05, 4.69) is 20.7 Å². The van der Waals surface area contributed by atoms with Crippen LogP contribution < -0.4 is 20.5 Å². The van der Waals surface area contributed by atoms with Crippen LogP contribution in [0.1, 0.15) is 60.9 Å². The predicted octanol–water partition coefficient (Wildman–Crippen LogP) is 5.00. The first-order valence-electron chi connectivity index (χ1n) is 13.8. The van der Waals surface area contributed by atoms with E-state index < -0.39 is 11.6 Å². The van der Waals surface area contributed by atoms with Crippen molar-refractivity contribution >= 4 is 11.6 Å². The zero-order chi connectivity index (χ0) is 26.5. The average Bonchev–Trinajstić information content (AvgIpc) is 3.31. The molecule has 1 atom stereocenters. The maximum Gasteiger partial charge on any atom is 0.255 e. The summed E-state index contributed by atoms with van der Waals surface area (Å²) in [5, 5.41) is 5.16. The lowest BCUT2D eigenvalue weighted by Gasteiger charge is -2.31. The summed E-state index contributed by atoms with van der Waals surface area (Å²) in [7, 11) is 1.74. The van der Waals surface area contributed by atoms with Gasteiger partial charge in [0, 0.05) is 45.9 Å². The third-order valence-corrected chi connectivity index (χ3v) is 7.97. The number of nitrogens with zero attached hydrogens (tertiary/aromatic N) is 2. The molecule has 1 saturated heterocycles. The van der Waals surface area contributed by atoms with E-state index in [4.69, 9.17) is 9.47 Å². The minimum absolute atomic E-state index is 0.121. The molecule has 38 heavy (non-hydrogen) atoms. The molecule has 1 amide bonds. The summed E-state index contributed by atoms with van der Waals surface area (Å²) in [4.78, 5) is 15.7. The van der Waals surface area contributed by atoms with Crippen LogP contribution in [0.2, 0.25) is 0 Å². The highest BCUT2D eigenvalue weighted by atomic mass is 19.1. The highest BCUT2D eigenvalue weighted by Gasteiger charge is 2.27. The van der Waals surface area contributed by atoms with Crippen molar-refractivity contribution in [1.82, 2.24) is 15.6 Å². The fourth-order valence-electron chi connectivity index (χ4n) is 5.83. The normalized spacial score (nSPS) is 20.4. The standard InChI is InChI=1S/C29H38F2N4O3/c1-37-23-8-5-12-34(19-23)13-11-32-29(36)24-16-26-21(17-33-35(26)18-20-6-3-2-4-7-20)14-28(24)38-27-10-9-22(30)15-25(27)31/h9-10,14-16,20,23,33H,2-8,11-13,17-19H2,1H3,(H,32,36). The van der Waals surface area contributed by atoms with Gasteiger partial charge in [0.05, 0.1) is 17.4 Å². The Bertz CT molecular complexity index is 1130. The van der Waals surface area contributed by atoms with Crippen LogP contribution in [0, 0.1) is 17.6 Å². The zero-order valence-corrected chi connectivity index (χ0v) is 22.1. The monoisotopic (exact) mass is 528 g/mol. The van der Waals surface area contributed by atoms with Crippen molar-refractivity contribution in [3.05, 3.63) is 53.1 Å². The number of hydrazine groups is 1. The molecule has 2 aliphatic heterocycles. The molecule has 1 unspecified atom stereocenters. The Balaban J connectivity index is 1.34. The Morgan fingerprint density at radius 2 is 1.92 bits per heavy atom. The molecule has 1 aliphatic carbocycles. The summed E-state index contributed by atoms with van der Waals surface area (Å²) < 4.78 is 39.3. The van der Waals surface area contributed by atoms with Crippen LogP contribution in [0.25, 0.3) is 0 Å². The van der Waals surface area contributed by atoms with Crippen LogP contribution in [0.15, 0.2) is 30.3 Å². The van der Waals surface area contributed by atoms with Crippen LogP contribution in [0.5, 0.6) is 11.5 Å². The van der Waals surface area contributed by atoms with Crippen molar-refractivity contribution in [2.75, 3.05) is 44.8 Å². The van der Waals surface area contributed by atoms with Gasteiger partial charge in [-0.25, -0.2) is 14.2 Å². The van der Waals surface area contributed by atoms with E-state index in [1.54, 1.807) is 13.2 Å². The quantitative estimate of drug-likeness (QED) is 0.478. The number of hydrogen-bond donors (Lipinski definition) is 2. The summed E-state index contributed by atoms with van der Waals surface area (Å²) in [6.07, 6.45) is 8.61. The van der Waals surface area contributed by atoms with E-state index in [0.29, 0.717) is 31.1 Å². The predicted molar refractivity (Wildman–Crippen MR) is 142 cm³/mol. The van der Waals surface area contributed by atoms with Gasteiger partial charge in [0.25, 0.3) is 5.91 Å². The number of methoxy groups -OCH3 is 1. The molecule has 1 saturated carbocycles. The summed E-state index contributed by atoms with van der Waals surface area (Å²) in [5.74, 6) is -1.03. The number of fused-ring (bicyclic) bond motifs is 1. The van der Waals surface area contributed by atoms with Gasteiger partial charge in [-0.15, -0.1) is 0 Å². The Morgan fingerprint density at radius 1 is 1.08 bits per heavy atom. The number of carbonyl (C=O) groups excluding carboxylic acids is 1. The van der Waals surface area contributed by atoms with E-state index in [0.717, 1.165) is 55.9 Å². The number of likely N-dealkylation sites (tertiary alicyclic amines) is 1. The molecule has 2 aromatic rings. The molecule has 3 aliphatic rings. The second kappa shape index (κ2) is 12.4. The number of nitrogens with one attached hydrogen (secondary N) is 2. The molecular formula is C29H38F2N4O3. The second-order valence-corrected chi connectivity index (χ2v) is 10.7. The van der Waals surface area contributed by atoms with E-state index in [-0.39, 0.29) is 23.5 Å². The average molecular weight is 529 g/mol. The van der Waals surface area contributed by atoms with E-state index in [9.17, 15) is 13.6 Å². The lowest BCUT2D eigenvalue weighted by molar-refractivity contribution is 0.0318. The third kappa shape index (κ3) is 6.45. The molecule has 2 N–H and O–H groups in total. The largest absolute Gasteiger partial charge is 0.453 e. The molecule has 5 rings (SSSR count). The van der Waals surface area contributed by atoms with Gasteiger partial charge in [-0.1, -0.05) is 19.3 Å². The van der Waals surface area contributed by atoms with Crippen LogP contribution in [0.3, 0.4) is 0 Å². The van der Waals surface area contributed by atoms with Gasteiger partial charge < -0.3 is 19.8 Å². The minimum Gasteiger partial charge on any atom is -0.453 e. The number of piperidine rings is 1. The first-order valence-corrected chi connectivity index (χ1v) is 13.8. The van der Waals surface area contributed by atoms with Gasteiger partial charge in [-0.3, -0.25) is 9.69 Å². The molecule has 0 spiro atoms. The van der Waals surface area contributed by atoms with Crippen molar-refractivity contribution < 1.29 is 23.0 Å². The Labute approximate surface area is 223 Å². The highest BCUT2D eigenvalue weighted by molar-refractivity contribution is 5.98. The summed E-state index contributed by atoms with van der Waals surface area (Å²) in [5.41, 5.74) is 5.71.